The molecule has 0 bridgehead atoms. The maximum Gasteiger partial charge on any atom is 0.241 e. The maximum atomic E-state index is 12.3. The Morgan fingerprint density at radius 2 is 2.10 bits per heavy atom. The second-order valence-electron chi connectivity index (χ2n) is 5.71. The highest BCUT2D eigenvalue weighted by atomic mass is 32.2. The van der Waals surface area contributed by atoms with Gasteiger partial charge < -0.3 is 5.73 Å². The monoisotopic (exact) mass is 293 g/mol. The first-order chi connectivity index (χ1) is 9.31. The van der Waals surface area contributed by atoms with Crippen molar-refractivity contribution < 1.29 is 8.42 Å². The molecule has 6 heteroatoms. The number of rotatable bonds is 5. The highest BCUT2D eigenvalue weighted by molar-refractivity contribution is 7.89. The van der Waals surface area contributed by atoms with E-state index in [1.807, 2.05) is 6.07 Å². The number of nitrogens with zero attached hydrogens (tertiary/aromatic N) is 1. The van der Waals surface area contributed by atoms with Gasteiger partial charge in [-0.3, -0.25) is 0 Å². The van der Waals surface area contributed by atoms with Gasteiger partial charge in [0, 0.05) is 12.2 Å². The van der Waals surface area contributed by atoms with E-state index in [0.717, 1.165) is 12.8 Å². The zero-order valence-electron chi connectivity index (χ0n) is 11.7. The Hall–Kier alpha value is -1.58. The summed E-state index contributed by atoms with van der Waals surface area (Å²) in [6.45, 7) is 4.62. The number of nitrogens with one attached hydrogen (secondary N) is 1. The van der Waals surface area contributed by atoms with Gasteiger partial charge in [-0.15, -0.1) is 0 Å². The molecule has 0 radical (unpaired) electrons. The van der Waals surface area contributed by atoms with Gasteiger partial charge in [0.1, 0.15) is 6.07 Å². The molecule has 3 N–H and O–H groups in total. The summed E-state index contributed by atoms with van der Waals surface area (Å²) in [5, 5.41) is 9.04. The van der Waals surface area contributed by atoms with Gasteiger partial charge in [-0.2, -0.15) is 5.26 Å². The molecule has 1 fully saturated rings. The fourth-order valence-corrected chi connectivity index (χ4v) is 3.58. The van der Waals surface area contributed by atoms with E-state index in [0.29, 0.717) is 18.2 Å². The predicted octanol–water partition coefficient (Wildman–Crippen LogP) is 1.85. The molecule has 5 nitrogen and oxygen atoms in total. The number of sulfonamides is 1. The molecular weight excluding hydrogens is 274 g/mol. The summed E-state index contributed by atoms with van der Waals surface area (Å²) in [6.07, 6.45) is 2.08. The Balaban J connectivity index is 2.22. The largest absolute Gasteiger partial charge is 0.399 e. The second-order valence-corrected chi connectivity index (χ2v) is 7.44. The van der Waals surface area contributed by atoms with E-state index in [1.54, 1.807) is 0 Å². The zero-order valence-corrected chi connectivity index (χ0v) is 12.5. The lowest BCUT2D eigenvalue weighted by Crippen LogP contribution is -2.33. The minimum Gasteiger partial charge on any atom is -0.399 e. The third kappa shape index (κ3) is 2.79. The van der Waals surface area contributed by atoms with Gasteiger partial charge in [0.15, 0.2) is 0 Å². The van der Waals surface area contributed by atoms with E-state index in [9.17, 15) is 8.42 Å². The number of nitrogens with two attached hydrogens (primary N) is 1. The zero-order chi connectivity index (χ0) is 15.0. The second kappa shape index (κ2) is 5.08. The molecule has 0 spiro atoms. The van der Waals surface area contributed by atoms with E-state index in [-0.39, 0.29) is 15.9 Å². The normalized spacial score (nSPS) is 16.9. The molecule has 1 saturated carbocycles. The van der Waals surface area contributed by atoms with Crippen molar-refractivity contribution in [1.29, 1.82) is 5.26 Å². The van der Waals surface area contributed by atoms with Crippen LogP contribution in [0.15, 0.2) is 23.1 Å². The fraction of sp³-hybridized carbons (Fsp3) is 0.500. The average molecular weight is 293 g/mol. The first-order valence-electron chi connectivity index (χ1n) is 6.60. The van der Waals surface area contributed by atoms with E-state index in [4.69, 9.17) is 11.0 Å². The lowest BCUT2D eigenvalue weighted by atomic mass is 9.93. The van der Waals surface area contributed by atoms with Crippen LogP contribution in [0.4, 0.5) is 5.69 Å². The Morgan fingerprint density at radius 3 is 2.60 bits per heavy atom. The molecule has 2 rings (SSSR count). The molecule has 0 aromatic heterocycles. The van der Waals surface area contributed by atoms with Crippen LogP contribution in [0.25, 0.3) is 0 Å². The number of nitriles is 1. The highest BCUT2D eigenvalue weighted by Crippen LogP contribution is 2.51. The van der Waals surface area contributed by atoms with Gasteiger partial charge >= 0.3 is 0 Å². The van der Waals surface area contributed by atoms with Gasteiger partial charge in [-0.25, -0.2) is 13.1 Å². The summed E-state index contributed by atoms with van der Waals surface area (Å²) in [5.74, 6) is 0.437. The van der Waals surface area contributed by atoms with Gasteiger partial charge in [-0.05, 0) is 42.4 Å². The van der Waals surface area contributed by atoms with Crippen molar-refractivity contribution in [3.63, 3.8) is 0 Å². The van der Waals surface area contributed by atoms with Crippen molar-refractivity contribution in [3.05, 3.63) is 23.8 Å². The molecule has 1 aliphatic rings. The molecule has 108 valence electrons. The summed E-state index contributed by atoms with van der Waals surface area (Å²) >= 11 is 0. The molecule has 1 aromatic rings. The lowest BCUT2D eigenvalue weighted by molar-refractivity contribution is 0.357. The molecule has 1 aromatic carbocycles. The van der Waals surface area contributed by atoms with Crippen LogP contribution >= 0.6 is 0 Å². The van der Waals surface area contributed by atoms with Crippen LogP contribution in [0.1, 0.15) is 32.3 Å². The molecule has 0 amide bonds. The fourth-order valence-electron chi connectivity index (χ4n) is 2.30. The minimum atomic E-state index is -3.67. The molecule has 20 heavy (non-hydrogen) atoms. The van der Waals surface area contributed by atoms with Crippen molar-refractivity contribution in [1.82, 2.24) is 4.72 Å². The Morgan fingerprint density at radius 1 is 1.45 bits per heavy atom. The topological polar surface area (TPSA) is 96.0 Å². The quantitative estimate of drug-likeness (QED) is 0.810. The maximum absolute atomic E-state index is 12.3. The highest BCUT2D eigenvalue weighted by Gasteiger charge is 2.45. The molecular formula is C14H19N3O2S. The molecule has 0 aliphatic heterocycles. The molecule has 0 atom stereocenters. The summed E-state index contributed by atoms with van der Waals surface area (Å²) in [4.78, 5) is -0.00578. The Bertz CT molecular complexity index is 655. The van der Waals surface area contributed by atoms with E-state index < -0.39 is 10.0 Å². The van der Waals surface area contributed by atoms with Gasteiger partial charge in [0.25, 0.3) is 0 Å². The van der Waals surface area contributed by atoms with Crippen LogP contribution in [0.3, 0.4) is 0 Å². The van der Waals surface area contributed by atoms with Crippen LogP contribution < -0.4 is 10.5 Å². The molecule has 0 saturated heterocycles. The summed E-state index contributed by atoms with van der Waals surface area (Å²) in [5.41, 5.74) is 6.10. The number of hydrogen-bond donors (Lipinski definition) is 2. The number of nitrogen functional groups attached to an aromatic ring is 1. The van der Waals surface area contributed by atoms with Gasteiger partial charge in [0.2, 0.25) is 10.0 Å². The van der Waals surface area contributed by atoms with Crippen molar-refractivity contribution in [2.75, 3.05) is 12.3 Å². The predicted molar refractivity (Wildman–Crippen MR) is 77.3 cm³/mol. The van der Waals surface area contributed by atoms with Crippen molar-refractivity contribution in [3.8, 4) is 6.07 Å². The smallest absolute Gasteiger partial charge is 0.241 e. The van der Waals surface area contributed by atoms with Crippen LogP contribution in [0.5, 0.6) is 0 Å². The first-order valence-corrected chi connectivity index (χ1v) is 8.08. The standard InChI is InChI=1S/C14H19N3O2S/c1-10(2)14(5-6-14)9-17-20(18,19)13-4-3-12(16)7-11(13)8-15/h3-4,7,10,17H,5-6,9,16H2,1-2H3. The number of hydrogen-bond acceptors (Lipinski definition) is 4. The Labute approximate surface area is 119 Å². The number of benzene rings is 1. The SMILES string of the molecule is CC(C)C1(CNS(=O)(=O)c2ccc(N)cc2C#N)CC1. The number of anilines is 1. The van der Waals surface area contributed by atoms with Crippen LogP contribution in [0.2, 0.25) is 0 Å². The van der Waals surface area contributed by atoms with E-state index >= 15 is 0 Å². The van der Waals surface area contributed by atoms with Crippen LogP contribution in [0, 0.1) is 22.7 Å². The molecule has 0 heterocycles. The van der Waals surface area contributed by atoms with Crippen molar-refractivity contribution >= 4 is 15.7 Å². The van der Waals surface area contributed by atoms with Gasteiger partial charge in [-0.1, -0.05) is 13.8 Å². The van der Waals surface area contributed by atoms with Crippen LogP contribution in [-0.2, 0) is 10.0 Å². The molecule has 0 unspecified atom stereocenters. The van der Waals surface area contributed by atoms with Crippen LogP contribution in [-0.4, -0.2) is 15.0 Å². The average Bonchev–Trinajstić information content (AvgIpc) is 3.17. The summed E-state index contributed by atoms with van der Waals surface area (Å²) in [7, 11) is -3.67. The van der Waals surface area contributed by atoms with Gasteiger partial charge in [0.05, 0.1) is 10.5 Å². The van der Waals surface area contributed by atoms with E-state index in [1.165, 1.54) is 18.2 Å². The third-order valence-electron chi connectivity index (χ3n) is 4.14. The Kier molecular flexibility index (Phi) is 3.76. The van der Waals surface area contributed by atoms with Crippen molar-refractivity contribution in [2.24, 2.45) is 11.3 Å². The minimum absolute atomic E-state index is 0.00578. The first kappa shape index (κ1) is 14.8. The molecule has 1 aliphatic carbocycles. The summed E-state index contributed by atoms with van der Waals surface area (Å²) < 4.78 is 27.3. The van der Waals surface area contributed by atoms with Crippen molar-refractivity contribution in [2.45, 2.75) is 31.6 Å². The summed E-state index contributed by atoms with van der Waals surface area (Å²) in [6, 6.07) is 6.13. The van der Waals surface area contributed by atoms with E-state index in [2.05, 4.69) is 18.6 Å². The third-order valence-corrected chi connectivity index (χ3v) is 5.60. The lowest BCUT2D eigenvalue weighted by Gasteiger charge is -2.20.